The largest absolute Gasteiger partial charge is 0.342 e. The third-order valence-electron chi connectivity index (χ3n) is 7.11. The van der Waals surface area contributed by atoms with E-state index in [1.54, 1.807) is 0 Å². The van der Waals surface area contributed by atoms with Crippen LogP contribution in [-0.4, -0.2) is 65.9 Å². The Morgan fingerprint density at radius 3 is 2.48 bits per heavy atom. The van der Waals surface area contributed by atoms with Gasteiger partial charge in [0.05, 0.1) is 5.92 Å². The van der Waals surface area contributed by atoms with Crippen molar-refractivity contribution in [1.82, 2.24) is 14.7 Å². The molecule has 0 bridgehead atoms. The van der Waals surface area contributed by atoms with Gasteiger partial charge in [-0.25, -0.2) is 0 Å². The van der Waals surface area contributed by atoms with E-state index in [-0.39, 0.29) is 5.92 Å². The van der Waals surface area contributed by atoms with E-state index in [2.05, 4.69) is 52.0 Å². The van der Waals surface area contributed by atoms with Crippen molar-refractivity contribution in [3.8, 4) is 0 Å². The number of hydrogen-bond donors (Lipinski definition) is 0. The van der Waals surface area contributed by atoms with Crippen LogP contribution in [0.3, 0.4) is 0 Å². The standard InChI is InChI=1S/C25H39N3O/c1-2-14-28(19-22-10-11-22)25(29)23-9-6-15-27(20-23)24-12-16-26(17-13-24)18-21-7-4-3-5-8-21/h3-5,7-8,22-24H,2,6,9-20H2,1H3/t23-/m0/s1. The Labute approximate surface area is 177 Å². The Morgan fingerprint density at radius 1 is 1.03 bits per heavy atom. The van der Waals surface area contributed by atoms with Gasteiger partial charge in [-0.15, -0.1) is 0 Å². The van der Waals surface area contributed by atoms with E-state index in [1.807, 2.05) is 0 Å². The number of amides is 1. The number of nitrogens with zero attached hydrogens (tertiary/aromatic N) is 3. The molecule has 4 nitrogen and oxygen atoms in total. The Kier molecular flexibility index (Phi) is 7.25. The maximum atomic E-state index is 13.2. The average Bonchev–Trinajstić information content (AvgIpc) is 3.58. The number of carbonyl (C=O) groups excluding carboxylic acids is 1. The molecule has 0 aromatic heterocycles. The van der Waals surface area contributed by atoms with E-state index in [9.17, 15) is 4.79 Å². The van der Waals surface area contributed by atoms with Gasteiger partial charge < -0.3 is 4.90 Å². The summed E-state index contributed by atoms with van der Waals surface area (Å²) in [5.41, 5.74) is 1.42. The first-order chi connectivity index (χ1) is 14.2. The fourth-order valence-corrected chi connectivity index (χ4v) is 5.26. The molecule has 3 fully saturated rings. The van der Waals surface area contributed by atoms with Crippen LogP contribution in [0.25, 0.3) is 0 Å². The van der Waals surface area contributed by atoms with E-state index in [0.29, 0.717) is 11.9 Å². The Morgan fingerprint density at radius 2 is 1.79 bits per heavy atom. The topological polar surface area (TPSA) is 26.8 Å². The molecular weight excluding hydrogens is 358 g/mol. The van der Waals surface area contributed by atoms with Gasteiger partial charge in [-0.1, -0.05) is 37.3 Å². The molecule has 29 heavy (non-hydrogen) atoms. The monoisotopic (exact) mass is 397 g/mol. The normalized spacial score (nSPS) is 24.5. The summed E-state index contributed by atoms with van der Waals surface area (Å²) in [7, 11) is 0. The van der Waals surface area contributed by atoms with Crippen LogP contribution >= 0.6 is 0 Å². The van der Waals surface area contributed by atoms with Gasteiger partial charge >= 0.3 is 0 Å². The lowest BCUT2D eigenvalue weighted by atomic mass is 9.92. The van der Waals surface area contributed by atoms with Gasteiger partial charge in [0.25, 0.3) is 0 Å². The lowest BCUT2D eigenvalue weighted by molar-refractivity contribution is -0.138. The van der Waals surface area contributed by atoms with Crippen molar-refractivity contribution in [2.24, 2.45) is 11.8 Å². The molecule has 4 heteroatoms. The molecule has 2 saturated heterocycles. The van der Waals surface area contributed by atoms with Crippen molar-refractivity contribution in [3.05, 3.63) is 35.9 Å². The first-order valence-electron chi connectivity index (χ1n) is 12.0. The van der Waals surface area contributed by atoms with Crippen molar-refractivity contribution in [1.29, 1.82) is 0 Å². The van der Waals surface area contributed by atoms with Crippen molar-refractivity contribution in [3.63, 3.8) is 0 Å². The third kappa shape index (κ3) is 5.82. The molecule has 0 N–H and O–H groups in total. The third-order valence-corrected chi connectivity index (χ3v) is 7.11. The minimum Gasteiger partial charge on any atom is -0.342 e. The van der Waals surface area contributed by atoms with Crippen molar-refractivity contribution >= 4 is 5.91 Å². The fraction of sp³-hybridized carbons (Fsp3) is 0.720. The van der Waals surface area contributed by atoms with E-state index in [0.717, 1.165) is 44.9 Å². The highest BCUT2D eigenvalue weighted by molar-refractivity contribution is 5.79. The maximum Gasteiger partial charge on any atom is 0.226 e. The number of hydrogen-bond acceptors (Lipinski definition) is 3. The molecule has 1 aliphatic carbocycles. The van der Waals surface area contributed by atoms with Gasteiger partial charge in [0.2, 0.25) is 5.91 Å². The quantitative estimate of drug-likeness (QED) is 0.663. The second-order valence-electron chi connectivity index (χ2n) is 9.55. The minimum atomic E-state index is 0.233. The van der Waals surface area contributed by atoms with Gasteiger partial charge in [0.15, 0.2) is 0 Å². The molecule has 4 rings (SSSR count). The SMILES string of the molecule is CCCN(CC1CC1)C(=O)[C@H]1CCCN(C2CCN(Cc3ccccc3)CC2)C1. The first kappa shape index (κ1) is 20.9. The lowest BCUT2D eigenvalue weighted by Crippen LogP contribution is -2.51. The number of rotatable bonds is 8. The van der Waals surface area contributed by atoms with Crippen molar-refractivity contribution < 1.29 is 4.79 Å². The zero-order valence-electron chi connectivity index (χ0n) is 18.3. The molecule has 1 aromatic rings. The predicted molar refractivity (Wildman–Crippen MR) is 119 cm³/mol. The summed E-state index contributed by atoms with van der Waals surface area (Å²) in [6.45, 7) is 9.77. The lowest BCUT2D eigenvalue weighted by Gasteiger charge is -2.42. The molecular formula is C25H39N3O. The smallest absolute Gasteiger partial charge is 0.226 e. The van der Waals surface area contributed by atoms with Crippen LogP contribution < -0.4 is 0 Å². The molecule has 1 saturated carbocycles. The highest BCUT2D eigenvalue weighted by atomic mass is 16.2. The van der Waals surface area contributed by atoms with Gasteiger partial charge in [0, 0.05) is 32.2 Å². The van der Waals surface area contributed by atoms with Crippen LogP contribution in [0.5, 0.6) is 0 Å². The molecule has 0 spiro atoms. The summed E-state index contributed by atoms with van der Waals surface area (Å²) in [4.78, 5) is 20.7. The van der Waals surface area contributed by atoms with Crippen molar-refractivity contribution in [2.75, 3.05) is 39.3 Å². The number of benzene rings is 1. The summed E-state index contributed by atoms with van der Waals surface area (Å²) in [5, 5.41) is 0. The van der Waals surface area contributed by atoms with Gasteiger partial charge in [-0.05, 0) is 76.1 Å². The highest BCUT2D eigenvalue weighted by Crippen LogP contribution is 2.31. The van der Waals surface area contributed by atoms with Gasteiger partial charge in [0.1, 0.15) is 0 Å². The molecule has 3 aliphatic rings. The van der Waals surface area contributed by atoms with Gasteiger partial charge in [-0.2, -0.15) is 0 Å². The molecule has 2 heterocycles. The highest BCUT2D eigenvalue weighted by Gasteiger charge is 2.35. The Balaban J connectivity index is 1.26. The predicted octanol–water partition coefficient (Wildman–Crippen LogP) is 4.01. The van der Waals surface area contributed by atoms with Crippen molar-refractivity contribution in [2.45, 2.75) is 64.5 Å². The zero-order chi connectivity index (χ0) is 20.1. The van der Waals surface area contributed by atoms with Crippen LogP contribution in [-0.2, 0) is 11.3 Å². The maximum absolute atomic E-state index is 13.2. The second kappa shape index (κ2) is 10.1. The molecule has 1 aromatic carbocycles. The Hall–Kier alpha value is -1.39. The van der Waals surface area contributed by atoms with Gasteiger partial charge in [-0.3, -0.25) is 14.6 Å². The molecule has 1 amide bonds. The molecule has 2 aliphatic heterocycles. The average molecular weight is 398 g/mol. The molecule has 1 atom stereocenters. The van der Waals surface area contributed by atoms with Crippen LogP contribution in [0.4, 0.5) is 0 Å². The number of likely N-dealkylation sites (tertiary alicyclic amines) is 2. The summed E-state index contributed by atoms with van der Waals surface area (Å²) in [6.07, 6.45) is 8.49. The molecule has 0 unspecified atom stereocenters. The van der Waals surface area contributed by atoms with Crippen LogP contribution in [0, 0.1) is 11.8 Å². The van der Waals surface area contributed by atoms with E-state index in [4.69, 9.17) is 0 Å². The molecule has 0 radical (unpaired) electrons. The number of piperidine rings is 2. The van der Waals surface area contributed by atoms with Crippen LogP contribution in [0.2, 0.25) is 0 Å². The second-order valence-corrected chi connectivity index (χ2v) is 9.55. The van der Waals surface area contributed by atoms with Crippen LogP contribution in [0.1, 0.15) is 57.4 Å². The summed E-state index contributed by atoms with van der Waals surface area (Å²) < 4.78 is 0. The van der Waals surface area contributed by atoms with Crippen LogP contribution in [0.15, 0.2) is 30.3 Å². The van der Waals surface area contributed by atoms with E-state index in [1.165, 1.54) is 57.3 Å². The zero-order valence-corrected chi connectivity index (χ0v) is 18.3. The first-order valence-corrected chi connectivity index (χ1v) is 12.0. The van der Waals surface area contributed by atoms with E-state index >= 15 is 0 Å². The summed E-state index contributed by atoms with van der Waals surface area (Å²) in [5.74, 6) is 1.47. The summed E-state index contributed by atoms with van der Waals surface area (Å²) >= 11 is 0. The molecule has 160 valence electrons. The van der Waals surface area contributed by atoms with E-state index < -0.39 is 0 Å². The number of carbonyl (C=O) groups is 1. The summed E-state index contributed by atoms with van der Waals surface area (Å²) in [6, 6.07) is 11.5. The minimum absolute atomic E-state index is 0.233. The fourth-order valence-electron chi connectivity index (χ4n) is 5.26. The Bertz CT molecular complexity index is 637.